The second kappa shape index (κ2) is 7.09. The molecule has 1 aromatic carbocycles. The third kappa shape index (κ3) is 4.35. The van der Waals surface area contributed by atoms with Crippen LogP contribution in [-0.2, 0) is 0 Å². The molecule has 0 bridgehead atoms. The minimum absolute atomic E-state index is 0.130. The van der Waals surface area contributed by atoms with Gasteiger partial charge in [0.05, 0.1) is 6.04 Å². The van der Waals surface area contributed by atoms with Crippen molar-refractivity contribution in [2.75, 3.05) is 26.2 Å². The van der Waals surface area contributed by atoms with Crippen LogP contribution in [0.5, 0.6) is 5.75 Å². The molecule has 1 fully saturated rings. The first kappa shape index (κ1) is 17.8. The summed E-state index contributed by atoms with van der Waals surface area (Å²) in [5.74, 6) is 1.44. The molecule has 3 rings (SSSR count). The Morgan fingerprint density at radius 1 is 1.12 bits per heavy atom. The Labute approximate surface area is 144 Å². The molecule has 1 N–H and O–H groups in total. The summed E-state index contributed by atoms with van der Waals surface area (Å²) < 4.78 is 46.9. The molecule has 1 aliphatic rings. The highest BCUT2D eigenvalue weighted by atomic mass is 19.4. The smallest absolute Gasteiger partial charge is 0.464 e. The number of alkyl halides is 3. The maximum absolute atomic E-state index is 12.4. The van der Waals surface area contributed by atoms with Crippen molar-refractivity contribution in [3.8, 4) is 5.75 Å². The van der Waals surface area contributed by atoms with Crippen LogP contribution >= 0.6 is 0 Å². The molecule has 1 atom stereocenters. The first-order valence-electron chi connectivity index (χ1n) is 8.21. The maximum atomic E-state index is 12.4. The molecule has 25 heavy (non-hydrogen) atoms. The number of furan rings is 1. The summed E-state index contributed by atoms with van der Waals surface area (Å²) in [5.41, 5.74) is 1.94. The van der Waals surface area contributed by atoms with Gasteiger partial charge in [0.1, 0.15) is 17.3 Å². The average Bonchev–Trinajstić information content (AvgIpc) is 2.88. The van der Waals surface area contributed by atoms with Gasteiger partial charge in [0.15, 0.2) is 0 Å². The molecule has 1 aromatic heterocycles. The van der Waals surface area contributed by atoms with E-state index < -0.39 is 6.36 Å². The van der Waals surface area contributed by atoms with Crippen LogP contribution in [0.1, 0.15) is 28.7 Å². The van der Waals surface area contributed by atoms with E-state index in [1.54, 1.807) is 12.1 Å². The quantitative estimate of drug-likeness (QED) is 0.907. The van der Waals surface area contributed by atoms with Gasteiger partial charge in [-0.2, -0.15) is 0 Å². The van der Waals surface area contributed by atoms with E-state index in [0.717, 1.165) is 48.8 Å². The Balaban J connectivity index is 1.91. The third-order valence-corrected chi connectivity index (χ3v) is 4.40. The number of rotatable bonds is 4. The summed E-state index contributed by atoms with van der Waals surface area (Å²) in [4.78, 5) is 2.27. The monoisotopic (exact) mass is 354 g/mol. The van der Waals surface area contributed by atoms with Crippen molar-refractivity contribution in [2.24, 2.45) is 0 Å². The molecule has 2 heterocycles. The second-order valence-corrected chi connectivity index (χ2v) is 6.19. The molecule has 4 nitrogen and oxygen atoms in total. The molecule has 136 valence electrons. The summed E-state index contributed by atoms with van der Waals surface area (Å²) in [6.07, 6.45) is -4.69. The molecule has 2 aromatic rings. The van der Waals surface area contributed by atoms with E-state index in [0.29, 0.717) is 0 Å². The number of benzene rings is 1. The van der Waals surface area contributed by atoms with Crippen LogP contribution in [0.25, 0.3) is 0 Å². The van der Waals surface area contributed by atoms with E-state index in [1.807, 2.05) is 19.9 Å². The Morgan fingerprint density at radius 3 is 2.28 bits per heavy atom. The lowest BCUT2D eigenvalue weighted by Crippen LogP contribution is -2.45. The van der Waals surface area contributed by atoms with E-state index in [4.69, 9.17) is 4.42 Å². The van der Waals surface area contributed by atoms with Crippen molar-refractivity contribution in [3.05, 3.63) is 53.0 Å². The molecule has 0 amide bonds. The summed E-state index contributed by atoms with van der Waals surface area (Å²) in [6, 6.07) is 7.90. The van der Waals surface area contributed by atoms with E-state index in [1.165, 1.54) is 12.1 Å². The van der Waals surface area contributed by atoms with Crippen LogP contribution in [-0.4, -0.2) is 37.4 Å². The van der Waals surface area contributed by atoms with Gasteiger partial charge in [-0.05, 0) is 43.2 Å². The van der Waals surface area contributed by atoms with Crippen LogP contribution < -0.4 is 10.1 Å². The van der Waals surface area contributed by atoms with Gasteiger partial charge < -0.3 is 14.5 Å². The van der Waals surface area contributed by atoms with Gasteiger partial charge in [-0.25, -0.2) is 0 Å². The van der Waals surface area contributed by atoms with Gasteiger partial charge in [-0.3, -0.25) is 4.90 Å². The Morgan fingerprint density at radius 2 is 1.76 bits per heavy atom. The highest BCUT2D eigenvalue weighted by molar-refractivity contribution is 5.34. The summed E-state index contributed by atoms with van der Waals surface area (Å²) in [5, 5.41) is 3.31. The number of hydrogen-bond acceptors (Lipinski definition) is 4. The minimum Gasteiger partial charge on any atom is -0.464 e. The van der Waals surface area contributed by atoms with Gasteiger partial charge in [0.2, 0.25) is 0 Å². The van der Waals surface area contributed by atoms with E-state index in [-0.39, 0.29) is 11.8 Å². The first-order chi connectivity index (χ1) is 11.8. The van der Waals surface area contributed by atoms with Crippen LogP contribution in [0.4, 0.5) is 13.2 Å². The zero-order valence-electron chi connectivity index (χ0n) is 14.2. The Hall–Kier alpha value is -1.99. The predicted molar refractivity (Wildman–Crippen MR) is 87.6 cm³/mol. The Kier molecular flexibility index (Phi) is 5.06. The molecule has 0 radical (unpaired) electrons. The fourth-order valence-corrected chi connectivity index (χ4v) is 3.08. The molecule has 0 unspecified atom stereocenters. The normalized spacial score (nSPS) is 17.5. The van der Waals surface area contributed by atoms with Gasteiger partial charge in [0, 0.05) is 26.2 Å². The second-order valence-electron chi connectivity index (χ2n) is 6.19. The molecule has 0 aliphatic carbocycles. The van der Waals surface area contributed by atoms with E-state index in [9.17, 15) is 13.2 Å². The molecular formula is C18H21F3N2O2. The predicted octanol–water partition coefficient (Wildman–Crippen LogP) is 3.79. The lowest BCUT2D eigenvalue weighted by molar-refractivity contribution is -0.274. The largest absolute Gasteiger partial charge is 0.573 e. The minimum atomic E-state index is -4.69. The Bertz CT molecular complexity index is 685. The van der Waals surface area contributed by atoms with Gasteiger partial charge in [-0.1, -0.05) is 12.1 Å². The molecule has 0 saturated carbocycles. The van der Waals surface area contributed by atoms with Crippen molar-refractivity contribution in [1.82, 2.24) is 10.2 Å². The maximum Gasteiger partial charge on any atom is 0.573 e. The van der Waals surface area contributed by atoms with Crippen molar-refractivity contribution >= 4 is 0 Å². The zero-order chi connectivity index (χ0) is 18.0. The lowest BCUT2D eigenvalue weighted by atomic mass is 10.0. The first-order valence-corrected chi connectivity index (χ1v) is 8.21. The molecule has 0 spiro atoms. The fraction of sp³-hybridized carbons (Fsp3) is 0.444. The van der Waals surface area contributed by atoms with E-state index >= 15 is 0 Å². The van der Waals surface area contributed by atoms with Crippen molar-refractivity contribution in [2.45, 2.75) is 26.3 Å². The van der Waals surface area contributed by atoms with Crippen LogP contribution in [0.3, 0.4) is 0 Å². The average molecular weight is 354 g/mol. The molecule has 1 aliphatic heterocycles. The SMILES string of the molecule is Cc1cc([C@H](c2ccc(OC(F)(F)F)cc2)N2CCNCC2)oc1C. The molecular weight excluding hydrogens is 333 g/mol. The summed E-state index contributed by atoms with van der Waals surface area (Å²) in [6.45, 7) is 7.30. The van der Waals surface area contributed by atoms with Crippen LogP contribution in [0, 0.1) is 13.8 Å². The van der Waals surface area contributed by atoms with Crippen molar-refractivity contribution < 1.29 is 22.3 Å². The van der Waals surface area contributed by atoms with Crippen molar-refractivity contribution in [3.63, 3.8) is 0 Å². The van der Waals surface area contributed by atoms with Gasteiger partial charge in [-0.15, -0.1) is 13.2 Å². The fourth-order valence-electron chi connectivity index (χ4n) is 3.08. The van der Waals surface area contributed by atoms with Crippen LogP contribution in [0.2, 0.25) is 0 Å². The number of nitrogens with zero attached hydrogens (tertiary/aromatic N) is 1. The summed E-state index contributed by atoms with van der Waals surface area (Å²) in [7, 11) is 0. The third-order valence-electron chi connectivity index (χ3n) is 4.40. The lowest BCUT2D eigenvalue weighted by Gasteiger charge is -2.34. The number of ether oxygens (including phenoxy) is 1. The number of hydrogen-bond donors (Lipinski definition) is 1. The van der Waals surface area contributed by atoms with Gasteiger partial charge in [0.25, 0.3) is 0 Å². The van der Waals surface area contributed by atoms with E-state index in [2.05, 4.69) is 15.0 Å². The highest BCUT2D eigenvalue weighted by Gasteiger charge is 2.31. The zero-order valence-corrected chi connectivity index (χ0v) is 14.2. The number of piperazine rings is 1. The number of halogens is 3. The molecule has 7 heteroatoms. The van der Waals surface area contributed by atoms with Gasteiger partial charge >= 0.3 is 6.36 Å². The van der Waals surface area contributed by atoms with Crippen LogP contribution in [0.15, 0.2) is 34.7 Å². The molecule has 1 saturated heterocycles. The number of nitrogens with one attached hydrogen (secondary N) is 1. The topological polar surface area (TPSA) is 37.6 Å². The standard InChI is InChI=1S/C18H21F3N2O2/c1-12-11-16(24-13(12)2)17(23-9-7-22-8-10-23)14-3-5-15(6-4-14)25-18(19,20)21/h3-6,11,17,22H,7-10H2,1-2H3/t17-/m0/s1. The van der Waals surface area contributed by atoms with Crippen molar-refractivity contribution in [1.29, 1.82) is 0 Å². The highest BCUT2D eigenvalue weighted by Crippen LogP contribution is 2.33. The number of aryl methyl sites for hydroxylation is 2. The summed E-state index contributed by atoms with van der Waals surface area (Å²) >= 11 is 0.